The van der Waals surface area contributed by atoms with Gasteiger partial charge in [0.2, 0.25) is 78.9 Å². The van der Waals surface area contributed by atoms with E-state index < -0.39 is 36.5 Å². The van der Waals surface area contributed by atoms with Crippen molar-refractivity contribution >= 4 is 214 Å². The predicted molar refractivity (Wildman–Crippen MR) is 172 cm³/mol. The van der Waals surface area contributed by atoms with Crippen LogP contribution in [0.15, 0.2) is 55.0 Å². The minimum atomic E-state index is -3.14. The highest BCUT2D eigenvalue weighted by molar-refractivity contribution is 8.16. The van der Waals surface area contributed by atoms with Crippen LogP contribution in [0.2, 0.25) is 0 Å². The normalized spacial score (nSPS) is 32.3. The Morgan fingerprint density at radius 1 is 0.325 bits per heavy atom. The van der Waals surface area contributed by atoms with Gasteiger partial charge in [-0.25, -0.2) is 16.8 Å². The average Bonchev–Trinajstić information content (AvgIpc) is 2.60. The van der Waals surface area contributed by atoms with Crippen LogP contribution in [-0.4, -0.2) is 59.2 Å². The fourth-order valence-electron chi connectivity index (χ4n) is 1.29. The SMILES string of the molecule is O=[S@@]1(Cl)=NC(Cl)=NC(Cl)=N1.O=[S@]1(Cl)=NC(Cl)=NC(Cl)=N1.O=[S@]1(Cl)=NC(Cl)=NC(Cl)=N1.O=[S@]1(Cl)=NC(Cl)=NC(Cl)=N1. The molecule has 16 nitrogen and oxygen atoms in total. The molecule has 0 spiro atoms. The number of halogens is 12. The summed E-state index contributed by atoms with van der Waals surface area (Å²) in [6.45, 7) is 0. The van der Waals surface area contributed by atoms with Crippen molar-refractivity contribution in [2.45, 2.75) is 0 Å². The van der Waals surface area contributed by atoms with E-state index in [2.05, 4.69) is 55.0 Å². The summed E-state index contributed by atoms with van der Waals surface area (Å²) in [5.41, 5.74) is 0. The molecule has 0 N–H and O–H groups in total. The molecule has 4 aliphatic rings. The molecule has 0 saturated carbocycles. The molecule has 0 bridgehead atoms. The molecule has 0 aliphatic carbocycles. The second-order valence-electron chi connectivity index (χ2n) is 5.06. The van der Waals surface area contributed by atoms with Crippen molar-refractivity contribution in [3.8, 4) is 0 Å². The lowest BCUT2D eigenvalue weighted by molar-refractivity contribution is 0.686. The summed E-state index contributed by atoms with van der Waals surface area (Å²) in [6, 6.07) is 0. The predicted octanol–water partition coefficient (Wildman–Crippen LogP) is 6.91. The number of rotatable bonds is 0. The first-order chi connectivity index (χ1) is 18.0. The lowest BCUT2D eigenvalue weighted by Crippen LogP contribution is -1.99. The van der Waals surface area contributed by atoms with E-state index in [9.17, 15) is 16.8 Å². The van der Waals surface area contributed by atoms with Crippen LogP contribution in [0.3, 0.4) is 0 Å². The maximum Gasteiger partial charge on any atom is 0.247 e. The summed E-state index contributed by atoms with van der Waals surface area (Å²) in [7, 11) is 8.18. The molecule has 32 heteroatoms. The quantitative estimate of drug-likeness (QED) is 0.187. The van der Waals surface area contributed by atoms with Crippen LogP contribution in [-0.2, 0) is 36.5 Å². The van der Waals surface area contributed by atoms with Gasteiger partial charge >= 0.3 is 0 Å². The molecule has 4 rings (SSSR count). The molecule has 0 fully saturated rings. The number of hydrogen-bond acceptors (Lipinski definition) is 12. The standard InChI is InChI=1S/4C2Cl3N3OS/c4*3-1-6-2(4)8-10(5,9)7-1. The zero-order valence-corrected chi connectivity index (χ0v) is 29.5. The summed E-state index contributed by atoms with van der Waals surface area (Å²) >= 11 is 42.0. The Morgan fingerprint density at radius 2 is 0.475 bits per heavy atom. The van der Waals surface area contributed by atoms with Gasteiger partial charge in [0.1, 0.15) is 0 Å². The van der Waals surface area contributed by atoms with Crippen LogP contribution in [0.5, 0.6) is 0 Å². The van der Waals surface area contributed by atoms with Crippen molar-refractivity contribution in [3.05, 3.63) is 0 Å². The molecule has 40 heavy (non-hydrogen) atoms. The first kappa shape index (κ1) is 38.7. The molecule has 4 atom stereocenters. The molecule has 0 saturated heterocycles. The number of amidine groups is 8. The second kappa shape index (κ2) is 16.1. The first-order valence-electron chi connectivity index (χ1n) is 7.83. The topological polar surface area (TPSA) is 217 Å². The van der Waals surface area contributed by atoms with Crippen molar-refractivity contribution in [1.82, 2.24) is 0 Å². The van der Waals surface area contributed by atoms with Gasteiger partial charge in [-0.15, -0.1) is 35.0 Å². The first-order valence-corrected chi connectivity index (χ1v) is 20.0. The third-order valence-corrected chi connectivity index (χ3v) is 9.24. The highest BCUT2D eigenvalue weighted by Crippen LogP contribution is 2.16. The molecule has 0 aromatic carbocycles. The number of nitrogens with zero attached hydrogens (tertiary/aromatic N) is 12. The van der Waals surface area contributed by atoms with Gasteiger partial charge in [0, 0.05) is 42.7 Å². The van der Waals surface area contributed by atoms with Crippen molar-refractivity contribution in [2.75, 3.05) is 0 Å². The molecule has 0 aromatic rings. The molecule has 4 heterocycles. The zero-order chi connectivity index (χ0) is 31.1. The fraction of sp³-hybridized carbons (Fsp3) is 0. The molecule has 0 amide bonds. The molecular weight excluding hydrogens is 882 g/mol. The minimum absolute atomic E-state index is 0.250. The minimum Gasteiger partial charge on any atom is -0.208 e. The second-order valence-corrected chi connectivity index (χ2v) is 17.5. The van der Waals surface area contributed by atoms with Gasteiger partial charge in [-0.1, -0.05) is 0 Å². The molecule has 224 valence electrons. The van der Waals surface area contributed by atoms with E-state index in [0.29, 0.717) is 0 Å². The third-order valence-electron chi connectivity index (χ3n) is 2.24. The number of aliphatic imine (C=N–C) groups is 4. The molecule has 0 aromatic heterocycles. The van der Waals surface area contributed by atoms with Crippen LogP contribution >= 0.6 is 136 Å². The van der Waals surface area contributed by atoms with E-state index in [1.165, 1.54) is 0 Å². The van der Waals surface area contributed by atoms with Crippen molar-refractivity contribution < 1.29 is 16.8 Å². The van der Waals surface area contributed by atoms with Gasteiger partial charge in [-0.05, 0) is 92.8 Å². The van der Waals surface area contributed by atoms with Gasteiger partial charge in [0.05, 0.1) is 0 Å². The Kier molecular flexibility index (Phi) is 15.6. The van der Waals surface area contributed by atoms with Crippen LogP contribution < -0.4 is 0 Å². The molecule has 0 radical (unpaired) electrons. The lowest BCUT2D eigenvalue weighted by atomic mass is 11.2. The van der Waals surface area contributed by atoms with Gasteiger partial charge in [0.25, 0.3) is 0 Å². The van der Waals surface area contributed by atoms with E-state index in [4.69, 9.17) is 136 Å². The van der Waals surface area contributed by atoms with E-state index in [1.807, 2.05) is 0 Å². The average molecular weight is 882 g/mol. The molecular formula is C8Cl12N12O4S4. The zero-order valence-electron chi connectivity index (χ0n) is 17.2. The van der Waals surface area contributed by atoms with Crippen LogP contribution in [0, 0.1) is 0 Å². The van der Waals surface area contributed by atoms with Crippen molar-refractivity contribution in [2.24, 2.45) is 55.0 Å². The summed E-state index contributed by atoms with van der Waals surface area (Å²) < 4.78 is 68.8. The Balaban J connectivity index is 0.000000267. The van der Waals surface area contributed by atoms with E-state index in [0.717, 1.165) is 0 Å². The van der Waals surface area contributed by atoms with E-state index >= 15 is 0 Å². The smallest absolute Gasteiger partial charge is 0.208 e. The monoisotopic (exact) mass is 876 g/mol. The summed E-state index contributed by atoms with van der Waals surface area (Å²) in [5.74, 6) is 0. The van der Waals surface area contributed by atoms with Crippen LogP contribution in [0.4, 0.5) is 0 Å². The maximum atomic E-state index is 10.8. The largest absolute Gasteiger partial charge is 0.247 e. The summed E-state index contributed by atoms with van der Waals surface area (Å²) in [5, 5.41) is -2.00. The Bertz CT molecular complexity index is 1550. The Labute approximate surface area is 283 Å². The maximum absolute atomic E-state index is 10.8. The van der Waals surface area contributed by atoms with Crippen molar-refractivity contribution in [3.63, 3.8) is 0 Å². The molecule has 0 unspecified atom stereocenters. The van der Waals surface area contributed by atoms with E-state index in [1.54, 1.807) is 0 Å². The fourth-order valence-corrected chi connectivity index (χ4v) is 8.74. The van der Waals surface area contributed by atoms with E-state index in [-0.39, 0.29) is 42.4 Å². The van der Waals surface area contributed by atoms with Crippen molar-refractivity contribution in [1.29, 1.82) is 0 Å². The van der Waals surface area contributed by atoms with Gasteiger partial charge in [-0.2, -0.15) is 20.0 Å². The lowest BCUT2D eigenvalue weighted by Gasteiger charge is -1.97. The highest BCUT2D eigenvalue weighted by atomic mass is 35.7. The number of hydrogen-bond donors (Lipinski definition) is 0. The Morgan fingerprint density at radius 3 is 0.575 bits per heavy atom. The van der Waals surface area contributed by atoms with Gasteiger partial charge in [-0.3, -0.25) is 0 Å². The third kappa shape index (κ3) is 17.1. The highest BCUT2D eigenvalue weighted by Gasteiger charge is 2.13. The Hall–Kier alpha value is 0.640. The molecule has 4 aliphatic heterocycles. The summed E-state index contributed by atoms with van der Waals surface area (Å²) in [6.07, 6.45) is 0. The van der Waals surface area contributed by atoms with Crippen LogP contribution in [0.1, 0.15) is 0 Å². The van der Waals surface area contributed by atoms with Crippen LogP contribution in [0.25, 0.3) is 0 Å². The summed E-state index contributed by atoms with van der Waals surface area (Å²) in [4.78, 5) is 13.4. The van der Waals surface area contributed by atoms with Gasteiger partial charge < -0.3 is 0 Å². The van der Waals surface area contributed by atoms with Gasteiger partial charge in [0.15, 0.2) is 0 Å².